The second-order valence-corrected chi connectivity index (χ2v) is 3.94. The number of nitrogens with zero attached hydrogens (tertiary/aromatic N) is 2. The molecule has 0 aliphatic carbocycles. The Labute approximate surface area is 98.9 Å². The Bertz CT molecular complexity index is 524. The highest BCUT2D eigenvalue weighted by Gasteiger charge is 2.16. The van der Waals surface area contributed by atoms with Crippen molar-refractivity contribution in [2.45, 2.75) is 26.0 Å². The lowest BCUT2D eigenvalue weighted by atomic mass is 10.2. The van der Waals surface area contributed by atoms with Gasteiger partial charge in [-0.3, -0.25) is 0 Å². The first kappa shape index (κ1) is 12.0. The quantitative estimate of drug-likeness (QED) is 0.848. The summed E-state index contributed by atoms with van der Waals surface area (Å²) in [7, 11) is 0. The van der Waals surface area contributed by atoms with E-state index < -0.39 is 6.10 Å². The van der Waals surface area contributed by atoms with Gasteiger partial charge in [0.2, 0.25) is 0 Å². The van der Waals surface area contributed by atoms with Crippen LogP contribution in [-0.4, -0.2) is 21.2 Å². The lowest BCUT2D eigenvalue weighted by molar-refractivity contribution is 0.156. The van der Waals surface area contributed by atoms with E-state index in [-0.39, 0.29) is 5.82 Å². The topological polar surface area (TPSA) is 64.1 Å². The Morgan fingerprint density at radius 2 is 2.29 bits per heavy atom. The van der Waals surface area contributed by atoms with Gasteiger partial charge in [-0.1, -0.05) is 0 Å². The maximum atomic E-state index is 13.1. The minimum absolute atomic E-state index is 0.321. The Morgan fingerprint density at radius 1 is 1.53 bits per heavy atom. The highest BCUT2D eigenvalue weighted by molar-refractivity contribution is 5.76. The van der Waals surface area contributed by atoms with Crippen molar-refractivity contribution in [1.29, 1.82) is 0 Å². The number of aromatic nitrogens is 2. The summed E-state index contributed by atoms with van der Waals surface area (Å²) < 4.78 is 15.0. The van der Waals surface area contributed by atoms with Gasteiger partial charge in [0, 0.05) is 12.6 Å². The van der Waals surface area contributed by atoms with Crippen molar-refractivity contribution in [3.63, 3.8) is 0 Å². The van der Waals surface area contributed by atoms with Crippen LogP contribution in [0.15, 0.2) is 18.2 Å². The maximum absolute atomic E-state index is 13.1. The molecule has 0 amide bonds. The molecule has 0 saturated heterocycles. The van der Waals surface area contributed by atoms with Crippen LogP contribution in [0.5, 0.6) is 0 Å². The second-order valence-electron chi connectivity index (χ2n) is 3.94. The van der Waals surface area contributed by atoms with Gasteiger partial charge in [0.1, 0.15) is 17.7 Å². The van der Waals surface area contributed by atoms with Gasteiger partial charge in [-0.2, -0.15) is 0 Å². The number of aliphatic hydroxyl groups excluding tert-OH is 1. The van der Waals surface area contributed by atoms with E-state index in [9.17, 15) is 9.50 Å². The highest BCUT2D eigenvalue weighted by atomic mass is 19.1. The van der Waals surface area contributed by atoms with Gasteiger partial charge < -0.3 is 15.4 Å². The summed E-state index contributed by atoms with van der Waals surface area (Å²) in [5.41, 5.74) is 6.82. The molecule has 17 heavy (non-hydrogen) atoms. The number of fused-ring (bicyclic) bond motifs is 1. The number of hydrogen-bond donors (Lipinski definition) is 2. The zero-order valence-corrected chi connectivity index (χ0v) is 9.73. The molecule has 1 aromatic heterocycles. The van der Waals surface area contributed by atoms with Crippen LogP contribution in [0.25, 0.3) is 11.0 Å². The largest absolute Gasteiger partial charge is 0.385 e. The van der Waals surface area contributed by atoms with E-state index in [1.54, 1.807) is 6.07 Å². The van der Waals surface area contributed by atoms with Crippen LogP contribution < -0.4 is 5.73 Å². The molecule has 0 fully saturated rings. The van der Waals surface area contributed by atoms with Gasteiger partial charge in [-0.25, -0.2) is 9.37 Å². The monoisotopic (exact) mass is 237 g/mol. The first-order chi connectivity index (χ1) is 8.17. The van der Waals surface area contributed by atoms with E-state index in [4.69, 9.17) is 5.73 Å². The number of imidazole rings is 1. The Kier molecular flexibility index (Phi) is 3.40. The van der Waals surface area contributed by atoms with Crippen LogP contribution in [0.4, 0.5) is 4.39 Å². The van der Waals surface area contributed by atoms with Crippen molar-refractivity contribution in [1.82, 2.24) is 9.55 Å². The first-order valence-corrected chi connectivity index (χ1v) is 5.71. The Morgan fingerprint density at radius 3 is 2.94 bits per heavy atom. The van der Waals surface area contributed by atoms with Crippen molar-refractivity contribution in [2.24, 2.45) is 5.73 Å². The minimum Gasteiger partial charge on any atom is -0.385 e. The molecule has 1 heterocycles. The summed E-state index contributed by atoms with van der Waals surface area (Å²) in [5.74, 6) is 0.233. The van der Waals surface area contributed by atoms with Crippen molar-refractivity contribution in [3.8, 4) is 0 Å². The molecule has 2 rings (SSSR count). The van der Waals surface area contributed by atoms with Gasteiger partial charge in [0.15, 0.2) is 0 Å². The van der Waals surface area contributed by atoms with Crippen molar-refractivity contribution in [3.05, 3.63) is 29.8 Å². The van der Waals surface area contributed by atoms with Crippen LogP contribution in [0.2, 0.25) is 0 Å². The zero-order valence-electron chi connectivity index (χ0n) is 9.73. The van der Waals surface area contributed by atoms with Crippen LogP contribution in [-0.2, 0) is 6.54 Å². The van der Waals surface area contributed by atoms with Gasteiger partial charge in [-0.15, -0.1) is 0 Å². The van der Waals surface area contributed by atoms with Crippen LogP contribution in [0.1, 0.15) is 25.3 Å². The van der Waals surface area contributed by atoms with Crippen molar-refractivity contribution in [2.75, 3.05) is 6.54 Å². The predicted octanol–water partition coefficient (Wildman–Crippen LogP) is 1.58. The molecule has 0 bridgehead atoms. The molecule has 0 saturated carbocycles. The minimum atomic E-state index is -0.699. The molecule has 2 aromatic rings. The number of benzene rings is 1. The van der Waals surface area contributed by atoms with E-state index in [1.165, 1.54) is 12.1 Å². The lowest BCUT2D eigenvalue weighted by Crippen LogP contribution is -2.12. The normalized spacial score (nSPS) is 13.2. The van der Waals surface area contributed by atoms with E-state index in [0.29, 0.717) is 30.9 Å². The number of aryl methyl sites for hydroxylation is 1. The van der Waals surface area contributed by atoms with Crippen LogP contribution >= 0.6 is 0 Å². The van der Waals surface area contributed by atoms with Gasteiger partial charge >= 0.3 is 0 Å². The zero-order chi connectivity index (χ0) is 12.4. The van der Waals surface area contributed by atoms with Gasteiger partial charge in [-0.05, 0) is 32.0 Å². The smallest absolute Gasteiger partial charge is 0.138 e. The highest BCUT2D eigenvalue weighted by Crippen LogP contribution is 2.23. The van der Waals surface area contributed by atoms with E-state index in [2.05, 4.69) is 4.98 Å². The molecule has 1 aromatic carbocycles. The van der Waals surface area contributed by atoms with Crippen molar-refractivity contribution < 1.29 is 9.50 Å². The molecule has 5 heteroatoms. The summed E-state index contributed by atoms with van der Waals surface area (Å²) in [4.78, 5) is 4.28. The standard InChI is InChI=1S/C12H16FN3O/c1-2-16-10-4-3-8(13)7-9(10)15-12(16)11(17)5-6-14/h3-4,7,11,17H,2,5-6,14H2,1H3. The molecule has 0 aliphatic rings. The molecule has 0 spiro atoms. The summed E-state index contributed by atoms with van der Waals surface area (Å²) in [6.45, 7) is 3.03. The summed E-state index contributed by atoms with van der Waals surface area (Å²) >= 11 is 0. The Hall–Kier alpha value is -1.46. The third-order valence-electron chi connectivity index (χ3n) is 2.79. The Balaban J connectivity index is 2.55. The van der Waals surface area contributed by atoms with Crippen LogP contribution in [0, 0.1) is 5.82 Å². The number of hydrogen-bond acceptors (Lipinski definition) is 3. The second kappa shape index (κ2) is 4.81. The third kappa shape index (κ3) is 2.16. The van der Waals surface area contributed by atoms with E-state index >= 15 is 0 Å². The summed E-state index contributed by atoms with van der Waals surface area (Å²) in [6, 6.07) is 4.45. The fourth-order valence-corrected chi connectivity index (χ4v) is 2.00. The molecular formula is C12H16FN3O. The molecule has 0 radical (unpaired) electrons. The SMILES string of the molecule is CCn1c(C(O)CCN)nc2cc(F)ccc21. The fraction of sp³-hybridized carbons (Fsp3) is 0.417. The first-order valence-electron chi connectivity index (χ1n) is 5.71. The molecule has 92 valence electrons. The van der Waals surface area contributed by atoms with Crippen molar-refractivity contribution >= 4 is 11.0 Å². The number of nitrogens with two attached hydrogens (primary N) is 1. The molecule has 3 N–H and O–H groups in total. The van der Waals surface area contributed by atoms with Gasteiger partial charge in [0.05, 0.1) is 11.0 Å². The lowest BCUT2D eigenvalue weighted by Gasteiger charge is -2.11. The third-order valence-corrected chi connectivity index (χ3v) is 2.79. The number of rotatable bonds is 4. The average molecular weight is 237 g/mol. The summed E-state index contributed by atoms with van der Waals surface area (Å²) in [5, 5.41) is 9.95. The molecule has 1 atom stereocenters. The average Bonchev–Trinajstić information content (AvgIpc) is 2.66. The predicted molar refractivity (Wildman–Crippen MR) is 64.0 cm³/mol. The molecule has 0 aliphatic heterocycles. The molecular weight excluding hydrogens is 221 g/mol. The van der Waals surface area contributed by atoms with Crippen LogP contribution in [0.3, 0.4) is 0 Å². The van der Waals surface area contributed by atoms with Gasteiger partial charge in [0.25, 0.3) is 0 Å². The summed E-state index contributed by atoms with van der Waals surface area (Å²) in [6.07, 6.45) is -0.248. The molecule has 4 nitrogen and oxygen atoms in total. The maximum Gasteiger partial charge on any atom is 0.138 e. The number of aliphatic hydroxyl groups is 1. The van der Waals surface area contributed by atoms with E-state index in [0.717, 1.165) is 5.52 Å². The number of halogens is 1. The molecule has 1 unspecified atom stereocenters. The fourth-order valence-electron chi connectivity index (χ4n) is 2.00. The van der Waals surface area contributed by atoms with E-state index in [1.807, 2.05) is 11.5 Å².